The van der Waals surface area contributed by atoms with Crippen molar-refractivity contribution in [1.82, 2.24) is 15.2 Å². The zero-order valence-electron chi connectivity index (χ0n) is 14.0. The molecule has 3 rings (SSSR count). The lowest BCUT2D eigenvalue weighted by molar-refractivity contribution is 0.0952. The smallest absolute Gasteiger partial charge is 0.252 e. The molecule has 4 nitrogen and oxygen atoms in total. The normalized spacial score (nSPS) is 11.0. The van der Waals surface area contributed by atoms with Gasteiger partial charge in [0.15, 0.2) is 0 Å². The van der Waals surface area contributed by atoms with Gasteiger partial charge in [0.05, 0.1) is 5.52 Å². The summed E-state index contributed by atoms with van der Waals surface area (Å²) >= 11 is 0. The molecule has 2 aromatic carbocycles. The molecule has 1 aromatic heterocycles. The van der Waals surface area contributed by atoms with E-state index in [1.54, 1.807) is 6.20 Å². The lowest BCUT2D eigenvalue weighted by Crippen LogP contribution is -2.24. The number of carbonyl (C=O) groups is 1. The summed E-state index contributed by atoms with van der Waals surface area (Å²) in [5.41, 5.74) is 3.85. The predicted molar refractivity (Wildman–Crippen MR) is 96.7 cm³/mol. The number of aromatic nitrogens is 1. The van der Waals surface area contributed by atoms with Gasteiger partial charge in [0.25, 0.3) is 5.91 Å². The molecule has 0 radical (unpaired) electrons. The standard InChI is InChI=1S/C20H21N3O/c1-23(2)14-16-8-4-3-7-15(16)13-22-20(24)18-9-5-11-19-17(18)10-6-12-21-19/h3-12H,13-14H2,1-2H3,(H,22,24). The van der Waals surface area contributed by atoms with Crippen LogP contribution in [0.2, 0.25) is 0 Å². The zero-order chi connectivity index (χ0) is 16.9. The molecule has 1 amide bonds. The first-order valence-electron chi connectivity index (χ1n) is 7.98. The SMILES string of the molecule is CN(C)Cc1ccccc1CNC(=O)c1cccc2ncccc12. The summed E-state index contributed by atoms with van der Waals surface area (Å²) in [6, 6.07) is 17.6. The van der Waals surface area contributed by atoms with E-state index in [0.29, 0.717) is 12.1 Å². The minimum absolute atomic E-state index is 0.0757. The third-order valence-electron chi connectivity index (χ3n) is 3.93. The van der Waals surface area contributed by atoms with Crippen LogP contribution in [0.4, 0.5) is 0 Å². The van der Waals surface area contributed by atoms with Crippen molar-refractivity contribution in [3.05, 3.63) is 77.5 Å². The Morgan fingerprint density at radius 1 is 1.00 bits per heavy atom. The van der Waals surface area contributed by atoms with Crippen molar-refractivity contribution in [2.75, 3.05) is 14.1 Å². The molecular weight excluding hydrogens is 298 g/mol. The first kappa shape index (κ1) is 16.1. The van der Waals surface area contributed by atoms with Crippen LogP contribution in [0.1, 0.15) is 21.5 Å². The third-order valence-corrected chi connectivity index (χ3v) is 3.93. The molecular formula is C20H21N3O. The van der Waals surface area contributed by atoms with Gasteiger partial charge >= 0.3 is 0 Å². The fraction of sp³-hybridized carbons (Fsp3) is 0.200. The Hall–Kier alpha value is -2.72. The Bertz CT molecular complexity index is 853. The molecule has 0 saturated carbocycles. The second-order valence-corrected chi connectivity index (χ2v) is 6.06. The molecule has 0 bridgehead atoms. The van der Waals surface area contributed by atoms with Crippen LogP contribution in [-0.4, -0.2) is 29.9 Å². The van der Waals surface area contributed by atoms with E-state index in [0.717, 1.165) is 23.0 Å². The number of hydrogen-bond donors (Lipinski definition) is 1. The molecule has 0 unspecified atom stereocenters. The molecule has 4 heteroatoms. The van der Waals surface area contributed by atoms with E-state index in [1.165, 1.54) is 5.56 Å². The lowest BCUT2D eigenvalue weighted by atomic mass is 10.1. The summed E-state index contributed by atoms with van der Waals surface area (Å²) in [4.78, 5) is 19.0. The van der Waals surface area contributed by atoms with Crippen LogP contribution in [-0.2, 0) is 13.1 Å². The fourth-order valence-electron chi connectivity index (χ4n) is 2.80. The monoisotopic (exact) mass is 319 g/mol. The Morgan fingerprint density at radius 2 is 1.79 bits per heavy atom. The van der Waals surface area contributed by atoms with Gasteiger partial charge < -0.3 is 10.2 Å². The highest BCUT2D eigenvalue weighted by Gasteiger charge is 2.11. The van der Waals surface area contributed by atoms with Crippen LogP contribution in [0, 0.1) is 0 Å². The van der Waals surface area contributed by atoms with Crippen molar-refractivity contribution in [2.45, 2.75) is 13.1 Å². The molecule has 3 aromatic rings. The molecule has 0 aliphatic rings. The van der Waals surface area contributed by atoms with Crippen LogP contribution >= 0.6 is 0 Å². The van der Waals surface area contributed by atoms with Gasteiger partial charge in [-0.05, 0) is 43.4 Å². The summed E-state index contributed by atoms with van der Waals surface area (Å²) in [5.74, 6) is -0.0757. The van der Waals surface area contributed by atoms with Crippen molar-refractivity contribution in [3.63, 3.8) is 0 Å². The van der Waals surface area contributed by atoms with Crippen molar-refractivity contribution < 1.29 is 4.79 Å². The third kappa shape index (κ3) is 3.60. The molecule has 0 atom stereocenters. The number of hydrogen-bond acceptors (Lipinski definition) is 3. The number of pyridine rings is 1. The summed E-state index contributed by atoms with van der Waals surface area (Å²) in [6.07, 6.45) is 1.74. The van der Waals surface area contributed by atoms with E-state index in [1.807, 2.05) is 56.6 Å². The van der Waals surface area contributed by atoms with E-state index in [9.17, 15) is 4.79 Å². The van der Waals surface area contributed by atoms with Crippen LogP contribution in [0.15, 0.2) is 60.8 Å². The van der Waals surface area contributed by atoms with Gasteiger partial charge in [0, 0.05) is 30.2 Å². The first-order chi connectivity index (χ1) is 11.6. The van der Waals surface area contributed by atoms with Crippen molar-refractivity contribution >= 4 is 16.8 Å². The number of nitrogens with zero attached hydrogens (tertiary/aromatic N) is 2. The number of benzene rings is 2. The number of fused-ring (bicyclic) bond motifs is 1. The lowest BCUT2D eigenvalue weighted by Gasteiger charge is -2.15. The van der Waals surface area contributed by atoms with E-state index in [4.69, 9.17) is 0 Å². The molecule has 1 heterocycles. The highest BCUT2D eigenvalue weighted by Crippen LogP contribution is 2.17. The first-order valence-corrected chi connectivity index (χ1v) is 7.98. The minimum atomic E-state index is -0.0757. The van der Waals surface area contributed by atoms with Crippen LogP contribution in [0.3, 0.4) is 0 Å². The number of carbonyl (C=O) groups excluding carboxylic acids is 1. The van der Waals surface area contributed by atoms with Crippen LogP contribution in [0.25, 0.3) is 10.9 Å². The molecule has 24 heavy (non-hydrogen) atoms. The maximum atomic E-state index is 12.6. The Morgan fingerprint density at radius 3 is 2.58 bits per heavy atom. The van der Waals surface area contributed by atoms with Gasteiger partial charge in [-0.3, -0.25) is 9.78 Å². The topological polar surface area (TPSA) is 45.2 Å². The second kappa shape index (κ2) is 7.23. The summed E-state index contributed by atoms with van der Waals surface area (Å²) in [7, 11) is 4.08. The largest absolute Gasteiger partial charge is 0.348 e. The van der Waals surface area contributed by atoms with Crippen molar-refractivity contribution in [1.29, 1.82) is 0 Å². The predicted octanol–water partition coefficient (Wildman–Crippen LogP) is 3.23. The maximum Gasteiger partial charge on any atom is 0.252 e. The molecule has 0 fully saturated rings. The van der Waals surface area contributed by atoms with E-state index in [2.05, 4.69) is 27.3 Å². The van der Waals surface area contributed by atoms with E-state index in [-0.39, 0.29) is 5.91 Å². The zero-order valence-corrected chi connectivity index (χ0v) is 14.0. The van der Waals surface area contributed by atoms with Gasteiger partial charge in [0.1, 0.15) is 0 Å². The maximum absolute atomic E-state index is 12.6. The number of amides is 1. The Balaban J connectivity index is 1.79. The van der Waals surface area contributed by atoms with Crippen LogP contribution < -0.4 is 5.32 Å². The molecule has 1 N–H and O–H groups in total. The van der Waals surface area contributed by atoms with Gasteiger partial charge in [-0.25, -0.2) is 0 Å². The average Bonchev–Trinajstić information content (AvgIpc) is 2.60. The average molecular weight is 319 g/mol. The Kier molecular flexibility index (Phi) is 4.87. The Labute approximate surface area is 142 Å². The van der Waals surface area contributed by atoms with Gasteiger partial charge in [-0.2, -0.15) is 0 Å². The van der Waals surface area contributed by atoms with Crippen molar-refractivity contribution in [3.8, 4) is 0 Å². The molecule has 0 aliphatic carbocycles. The van der Waals surface area contributed by atoms with Gasteiger partial charge in [-0.1, -0.05) is 36.4 Å². The van der Waals surface area contributed by atoms with Gasteiger partial charge in [0.2, 0.25) is 0 Å². The summed E-state index contributed by atoms with van der Waals surface area (Å²) in [6.45, 7) is 1.36. The number of nitrogens with one attached hydrogen (secondary N) is 1. The molecule has 0 spiro atoms. The molecule has 0 saturated heterocycles. The number of rotatable bonds is 5. The quantitative estimate of drug-likeness (QED) is 0.785. The molecule has 122 valence electrons. The van der Waals surface area contributed by atoms with Crippen molar-refractivity contribution in [2.24, 2.45) is 0 Å². The second-order valence-electron chi connectivity index (χ2n) is 6.06. The fourth-order valence-corrected chi connectivity index (χ4v) is 2.80. The minimum Gasteiger partial charge on any atom is -0.348 e. The van der Waals surface area contributed by atoms with E-state index < -0.39 is 0 Å². The molecule has 0 aliphatic heterocycles. The van der Waals surface area contributed by atoms with Gasteiger partial charge in [-0.15, -0.1) is 0 Å². The highest BCUT2D eigenvalue weighted by atomic mass is 16.1. The summed E-state index contributed by atoms with van der Waals surface area (Å²) in [5, 5.41) is 3.91. The van der Waals surface area contributed by atoms with Crippen LogP contribution in [0.5, 0.6) is 0 Å². The van der Waals surface area contributed by atoms with E-state index >= 15 is 0 Å². The highest BCUT2D eigenvalue weighted by molar-refractivity contribution is 6.06. The summed E-state index contributed by atoms with van der Waals surface area (Å²) < 4.78 is 0.